The molecule has 2 aromatic rings. The summed E-state index contributed by atoms with van der Waals surface area (Å²) in [6, 6.07) is 6.00. The third kappa shape index (κ3) is 1.39. The van der Waals surface area contributed by atoms with E-state index in [9.17, 15) is 4.79 Å². The van der Waals surface area contributed by atoms with Gasteiger partial charge in [-0.3, -0.25) is 9.89 Å². The van der Waals surface area contributed by atoms with Crippen molar-refractivity contribution in [3.05, 3.63) is 24.4 Å². The van der Waals surface area contributed by atoms with Gasteiger partial charge in [-0.1, -0.05) is 6.07 Å². The van der Waals surface area contributed by atoms with E-state index in [1.807, 2.05) is 24.4 Å². The molecule has 0 spiro atoms. The first-order valence-corrected chi connectivity index (χ1v) is 5.96. The number of rotatable bonds is 1. The molecule has 3 heterocycles. The van der Waals surface area contributed by atoms with E-state index in [1.165, 1.54) is 0 Å². The van der Waals surface area contributed by atoms with Gasteiger partial charge >= 0.3 is 0 Å². The van der Waals surface area contributed by atoms with Crippen LogP contribution in [0.15, 0.2) is 24.4 Å². The molecule has 2 saturated heterocycles. The Balaban J connectivity index is 1.78. The van der Waals surface area contributed by atoms with Crippen molar-refractivity contribution in [2.75, 3.05) is 11.4 Å². The normalized spacial score (nSPS) is 26.7. The fourth-order valence-electron chi connectivity index (χ4n) is 2.49. The number of anilines is 1. The van der Waals surface area contributed by atoms with Crippen molar-refractivity contribution in [1.82, 2.24) is 15.5 Å². The number of benzene rings is 1. The molecule has 1 aromatic heterocycles. The predicted octanol–water partition coefficient (Wildman–Crippen LogP) is 0.572. The summed E-state index contributed by atoms with van der Waals surface area (Å²) in [7, 11) is 0. The van der Waals surface area contributed by atoms with Crippen molar-refractivity contribution >= 4 is 22.5 Å². The van der Waals surface area contributed by atoms with Crippen LogP contribution in [0.3, 0.4) is 0 Å². The highest BCUT2D eigenvalue weighted by molar-refractivity contribution is 5.92. The van der Waals surface area contributed by atoms with E-state index in [-0.39, 0.29) is 18.4 Å². The summed E-state index contributed by atoms with van der Waals surface area (Å²) in [5, 5.41) is 10.9. The van der Waals surface area contributed by atoms with Crippen LogP contribution in [0.25, 0.3) is 10.9 Å². The number of nitrogens with one attached hydrogen (secondary N) is 2. The second kappa shape index (κ2) is 3.46. The first-order valence-electron chi connectivity index (χ1n) is 5.96. The summed E-state index contributed by atoms with van der Waals surface area (Å²) in [5.74, 6) is 0.0457. The zero-order valence-corrected chi connectivity index (χ0v) is 9.59. The van der Waals surface area contributed by atoms with Crippen LogP contribution in [-0.2, 0) is 9.53 Å². The molecular weight excluding hydrogens is 232 g/mol. The summed E-state index contributed by atoms with van der Waals surface area (Å²) in [6.07, 6.45) is 2.09. The molecule has 6 nitrogen and oxygen atoms in total. The molecule has 6 heteroatoms. The van der Waals surface area contributed by atoms with E-state index in [0.717, 1.165) is 16.6 Å². The number of aromatic nitrogens is 2. The van der Waals surface area contributed by atoms with Crippen LogP contribution in [0.1, 0.15) is 6.42 Å². The number of epoxide rings is 1. The van der Waals surface area contributed by atoms with Gasteiger partial charge in [-0.25, -0.2) is 0 Å². The Morgan fingerprint density at radius 2 is 2.39 bits per heavy atom. The molecule has 2 aliphatic heterocycles. The van der Waals surface area contributed by atoms with E-state index in [2.05, 4.69) is 20.4 Å². The number of nitrogens with zero attached hydrogens (tertiary/aromatic N) is 2. The molecule has 0 aliphatic carbocycles. The van der Waals surface area contributed by atoms with Gasteiger partial charge in [-0.15, -0.1) is 0 Å². The standard InChI is InChI=1S/C12H12N4O2/c17-10-4-5-16(12-11(14-10)18-12)9-3-1-2-8-7(9)6-13-15-8/h1-3,6,11-12H,4-5H2,(H,13,15)(H,14,17). The van der Waals surface area contributed by atoms with Crippen LogP contribution in [0.5, 0.6) is 0 Å². The molecule has 4 rings (SSSR count). The van der Waals surface area contributed by atoms with Gasteiger partial charge in [0.05, 0.1) is 11.7 Å². The molecule has 2 fully saturated rings. The van der Waals surface area contributed by atoms with Gasteiger partial charge in [-0.2, -0.15) is 5.10 Å². The predicted molar refractivity (Wildman–Crippen MR) is 64.9 cm³/mol. The molecule has 2 aliphatic rings. The molecule has 2 atom stereocenters. The van der Waals surface area contributed by atoms with Crippen LogP contribution in [-0.4, -0.2) is 35.1 Å². The minimum atomic E-state index is -0.165. The number of ether oxygens (including phenoxy) is 1. The lowest BCUT2D eigenvalue weighted by Crippen LogP contribution is -2.28. The number of aromatic amines is 1. The monoisotopic (exact) mass is 244 g/mol. The van der Waals surface area contributed by atoms with Gasteiger partial charge in [0.25, 0.3) is 0 Å². The molecule has 2 N–H and O–H groups in total. The van der Waals surface area contributed by atoms with E-state index in [4.69, 9.17) is 4.74 Å². The van der Waals surface area contributed by atoms with E-state index in [1.54, 1.807) is 0 Å². The molecule has 2 unspecified atom stereocenters. The van der Waals surface area contributed by atoms with Gasteiger partial charge < -0.3 is 15.0 Å². The summed E-state index contributed by atoms with van der Waals surface area (Å²) < 4.78 is 5.48. The zero-order chi connectivity index (χ0) is 12.1. The molecular formula is C12H12N4O2. The molecule has 0 saturated carbocycles. The molecule has 1 aromatic carbocycles. The second-order valence-corrected chi connectivity index (χ2v) is 4.57. The quantitative estimate of drug-likeness (QED) is 0.719. The van der Waals surface area contributed by atoms with Crippen LogP contribution in [0.2, 0.25) is 0 Å². The Hall–Kier alpha value is -2.08. The second-order valence-electron chi connectivity index (χ2n) is 4.57. The van der Waals surface area contributed by atoms with Gasteiger partial charge in [-0.05, 0) is 12.1 Å². The first kappa shape index (κ1) is 9.90. The van der Waals surface area contributed by atoms with Crippen molar-refractivity contribution in [3.8, 4) is 0 Å². The van der Waals surface area contributed by atoms with Crippen LogP contribution < -0.4 is 10.2 Å². The summed E-state index contributed by atoms with van der Waals surface area (Å²) in [4.78, 5) is 13.6. The summed E-state index contributed by atoms with van der Waals surface area (Å²) in [5.41, 5.74) is 2.05. The number of carbonyl (C=O) groups is 1. The third-order valence-corrected chi connectivity index (χ3v) is 3.43. The van der Waals surface area contributed by atoms with E-state index < -0.39 is 0 Å². The lowest BCUT2D eigenvalue weighted by atomic mass is 10.2. The zero-order valence-electron chi connectivity index (χ0n) is 9.59. The highest BCUT2D eigenvalue weighted by Crippen LogP contribution is 2.34. The number of amides is 1. The SMILES string of the molecule is O=C1CCN(c2cccc3[nH]ncc23)C2OC2N1. The number of hydrogen-bond donors (Lipinski definition) is 2. The molecule has 0 radical (unpaired) electrons. The molecule has 92 valence electrons. The topological polar surface area (TPSA) is 73.5 Å². The third-order valence-electron chi connectivity index (χ3n) is 3.43. The highest BCUT2D eigenvalue weighted by Gasteiger charge is 2.47. The van der Waals surface area contributed by atoms with E-state index >= 15 is 0 Å². The first-order chi connectivity index (χ1) is 8.83. The summed E-state index contributed by atoms with van der Waals surface area (Å²) >= 11 is 0. The average molecular weight is 244 g/mol. The van der Waals surface area contributed by atoms with Gasteiger partial charge in [0.1, 0.15) is 0 Å². The lowest BCUT2D eigenvalue weighted by molar-refractivity contribution is -0.121. The Bertz CT molecular complexity index is 623. The van der Waals surface area contributed by atoms with Crippen molar-refractivity contribution in [1.29, 1.82) is 0 Å². The Kier molecular flexibility index (Phi) is 1.90. The van der Waals surface area contributed by atoms with Crippen LogP contribution in [0, 0.1) is 0 Å². The largest absolute Gasteiger partial charge is 0.341 e. The maximum atomic E-state index is 11.5. The van der Waals surface area contributed by atoms with Crippen LogP contribution in [0.4, 0.5) is 5.69 Å². The van der Waals surface area contributed by atoms with Crippen LogP contribution >= 0.6 is 0 Å². The Morgan fingerprint density at radius 1 is 1.44 bits per heavy atom. The van der Waals surface area contributed by atoms with Crippen molar-refractivity contribution in [3.63, 3.8) is 0 Å². The minimum Gasteiger partial charge on any atom is -0.341 e. The smallest absolute Gasteiger partial charge is 0.223 e. The summed E-state index contributed by atoms with van der Waals surface area (Å²) in [6.45, 7) is 0.664. The Morgan fingerprint density at radius 3 is 3.33 bits per heavy atom. The lowest BCUT2D eigenvalue weighted by Gasteiger charge is -2.21. The van der Waals surface area contributed by atoms with Crippen molar-refractivity contribution < 1.29 is 9.53 Å². The van der Waals surface area contributed by atoms with Crippen molar-refractivity contribution in [2.45, 2.75) is 18.9 Å². The number of hydrogen-bond acceptors (Lipinski definition) is 4. The molecule has 1 amide bonds. The number of carbonyl (C=O) groups excluding carboxylic acids is 1. The van der Waals surface area contributed by atoms with Gasteiger partial charge in [0, 0.05) is 24.0 Å². The van der Waals surface area contributed by atoms with E-state index in [0.29, 0.717) is 13.0 Å². The average Bonchev–Trinajstić information content (AvgIpc) is 2.96. The fourth-order valence-corrected chi connectivity index (χ4v) is 2.49. The number of H-pyrrole nitrogens is 1. The highest BCUT2D eigenvalue weighted by atomic mass is 16.6. The number of fused-ring (bicyclic) bond motifs is 2. The molecule has 18 heavy (non-hydrogen) atoms. The minimum absolute atomic E-state index is 0.0445. The van der Waals surface area contributed by atoms with Crippen molar-refractivity contribution in [2.24, 2.45) is 0 Å². The molecule has 0 bridgehead atoms. The van der Waals surface area contributed by atoms with Gasteiger partial charge in [0.2, 0.25) is 5.91 Å². The van der Waals surface area contributed by atoms with Gasteiger partial charge in [0.15, 0.2) is 12.5 Å². The Labute approximate surface area is 103 Å². The maximum absolute atomic E-state index is 11.5. The maximum Gasteiger partial charge on any atom is 0.223 e. The fraction of sp³-hybridized carbons (Fsp3) is 0.333.